The van der Waals surface area contributed by atoms with Crippen molar-refractivity contribution < 1.29 is 14.3 Å². The number of amides is 2. The van der Waals surface area contributed by atoms with Crippen LogP contribution in [0.3, 0.4) is 0 Å². The molecule has 2 heterocycles. The number of nitrogens with zero attached hydrogens (tertiary/aromatic N) is 4. The summed E-state index contributed by atoms with van der Waals surface area (Å²) in [7, 11) is 4.65. The summed E-state index contributed by atoms with van der Waals surface area (Å²) in [5, 5.41) is 17.0. The molecule has 4 N–H and O–H groups in total. The van der Waals surface area contributed by atoms with Crippen LogP contribution in [-0.4, -0.2) is 71.7 Å². The Kier molecular flexibility index (Phi) is 8.03. The number of rotatable bonds is 11. The Morgan fingerprint density at radius 2 is 1.97 bits per heavy atom. The molecule has 1 aliphatic rings. The van der Waals surface area contributed by atoms with Crippen molar-refractivity contribution in [1.29, 1.82) is 5.41 Å². The van der Waals surface area contributed by atoms with Gasteiger partial charge in [-0.15, -0.1) is 0 Å². The fourth-order valence-corrected chi connectivity index (χ4v) is 2.90. The van der Waals surface area contributed by atoms with E-state index in [4.69, 9.17) is 10.1 Å². The minimum absolute atomic E-state index is 0.0300. The first kappa shape index (κ1) is 23.8. The summed E-state index contributed by atoms with van der Waals surface area (Å²) in [6.45, 7) is 0.862. The van der Waals surface area contributed by atoms with Crippen molar-refractivity contribution >= 4 is 28.9 Å². The Hall–Kier alpha value is -3.86. The zero-order valence-electron chi connectivity index (χ0n) is 18.9. The Bertz CT molecular complexity index is 1040. The van der Waals surface area contributed by atoms with E-state index in [2.05, 4.69) is 30.9 Å². The van der Waals surface area contributed by atoms with Crippen molar-refractivity contribution in [3.8, 4) is 0 Å². The highest BCUT2D eigenvalue weighted by molar-refractivity contribution is 6.44. The monoisotopic (exact) mass is 452 g/mol. The number of pyridine rings is 1. The van der Waals surface area contributed by atoms with Crippen molar-refractivity contribution in [3.05, 3.63) is 54.1 Å². The molecule has 0 aromatic carbocycles. The van der Waals surface area contributed by atoms with E-state index >= 15 is 0 Å². The van der Waals surface area contributed by atoms with Crippen LogP contribution in [0, 0.1) is 5.41 Å². The molecular weight excluding hydrogens is 424 g/mol. The first-order valence-corrected chi connectivity index (χ1v) is 10.5. The van der Waals surface area contributed by atoms with Gasteiger partial charge < -0.3 is 25.6 Å². The highest BCUT2D eigenvalue weighted by Crippen LogP contribution is 2.39. The molecule has 3 rings (SSSR count). The van der Waals surface area contributed by atoms with Gasteiger partial charge in [0.05, 0.1) is 36.1 Å². The van der Waals surface area contributed by atoms with Gasteiger partial charge in [-0.1, -0.05) is 0 Å². The number of anilines is 2. The van der Waals surface area contributed by atoms with Gasteiger partial charge in [0.25, 0.3) is 11.8 Å². The van der Waals surface area contributed by atoms with Crippen molar-refractivity contribution in [2.24, 2.45) is 0 Å². The van der Waals surface area contributed by atoms with Crippen LogP contribution in [0.25, 0.3) is 0 Å². The standard InChI is InChI=1S/C22H28N8O3/c1-30(2)22(32)19(23)18(12-24-8-9-33-3)29-21(31)20-17(27-15-10-25-13-26-11-15)7-6-16(28-20)14-4-5-14/h6-7,10-14,23-24,27H,4-5,8-9H2,1-3H3,(H,29,31)/b18-12+,23-19?. The van der Waals surface area contributed by atoms with Crippen LogP contribution >= 0.6 is 0 Å². The first-order chi connectivity index (χ1) is 15.9. The summed E-state index contributed by atoms with van der Waals surface area (Å²) < 4.78 is 5.00. The fraction of sp³-hybridized carbons (Fsp3) is 0.364. The van der Waals surface area contributed by atoms with Crippen LogP contribution in [0.1, 0.15) is 34.9 Å². The minimum atomic E-state index is -0.548. The van der Waals surface area contributed by atoms with Crippen molar-refractivity contribution in [2.45, 2.75) is 18.8 Å². The molecule has 0 bridgehead atoms. The summed E-state index contributed by atoms with van der Waals surface area (Å²) in [5.74, 6) is -0.757. The molecular formula is C22H28N8O3. The van der Waals surface area contributed by atoms with E-state index in [1.807, 2.05) is 6.07 Å². The molecule has 2 amide bonds. The maximum Gasteiger partial charge on any atom is 0.276 e. The molecule has 33 heavy (non-hydrogen) atoms. The molecule has 174 valence electrons. The van der Waals surface area contributed by atoms with Gasteiger partial charge in [-0.05, 0) is 25.0 Å². The molecule has 2 aromatic rings. The van der Waals surface area contributed by atoms with Crippen LogP contribution in [0.2, 0.25) is 0 Å². The molecule has 0 aliphatic heterocycles. The van der Waals surface area contributed by atoms with Gasteiger partial charge in [-0.3, -0.25) is 15.0 Å². The largest absolute Gasteiger partial charge is 0.387 e. The van der Waals surface area contributed by atoms with Gasteiger partial charge in [-0.25, -0.2) is 15.0 Å². The van der Waals surface area contributed by atoms with Crippen LogP contribution in [0.4, 0.5) is 11.4 Å². The normalized spacial score (nSPS) is 13.2. The summed E-state index contributed by atoms with van der Waals surface area (Å²) >= 11 is 0. The molecule has 11 heteroatoms. The Morgan fingerprint density at radius 3 is 2.61 bits per heavy atom. The van der Waals surface area contributed by atoms with Crippen molar-refractivity contribution in [3.63, 3.8) is 0 Å². The number of ether oxygens (including phenoxy) is 1. The first-order valence-electron chi connectivity index (χ1n) is 10.5. The molecule has 0 saturated heterocycles. The summed E-state index contributed by atoms with van der Waals surface area (Å²) in [4.78, 5) is 39.5. The zero-order chi connectivity index (χ0) is 23.8. The fourth-order valence-electron chi connectivity index (χ4n) is 2.90. The van der Waals surface area contributed by atoms with Gasteiger partial charge in [-0.2, -0.15) is 0 Å². The third kappa shape index (κ3) is 6.56. The lowest BCUT2D eigenvalue weighted by molar-refractivity contribution is -0.121. The number of carbonyl (C=O) groups is 2. The van der Waals surface area contributed by atoms with E-state index in [0.717, 1.165) is 18.5 Å². The summed E-state index contributed by atoms with van der Waals surface area (Å²) in [6.07, 6.45) is 8.06. The molecule has 0 unspecified atom stereocenters. The highest BCUT2D eigenvalue weighted by atomic mass is 16.5. The summed E-state index contributed by atoms with van der Waals surface area (Å²) in [5.41, 5.74) is 1.71. The smallest absolute Gasteiger partial charge is 0.276 e. The number of carbonyl (C=O) groups excluding carboxylic acids is 2. The van der Waals surface area contributed by atoms with Gasteiger partial charge in [0.1, 0.15) is 12.0 Å². The molecule has 1 fully saturated rings. The van der Waals surface area contributed by atoms with E-state index in [1.54, 1.807) is 39.7 Å². The maximum atomic E-state index is 13.3. The highest BCUT2D eigenvalue weighted by Gasteiger charge is 2.28. The Balaban J connectivity index is 1.88. The van der Waals surface area contributed by atoms with Gasteiger partial charge in [0, 0.05) is 45.6 Å². The predicted molar refractivity (Wildman–Crippen MR) is 123 cm³/mol. The summed E-state index contributed by atoms with van der Waals surface area (Å²) in [6, 6.07) is 3.68. The van der Waals surface area contributed by atoms with Crippen molar-refractivity contribution in [2.75, 3.05) is 39.7 Å². The molecule has 2 aromatic heterocycles. The van der Waals surface area contributed by atoms with E-state index in [9.17, 15) is 9.59 Å². The molecule has 0 radical (unpaired) electrons. The van der Waals surface area contributed by atoms with E-state index < -0.39 is 11.8 Å². The van der Waals surface area contributed by atoms with Crippen LogP contribution in [0.5, 0.6) is 0 Å². The number of methoxy groups -OCH3 is 1. The SMILES string of the molecule is COCCN/C=C(/NC(=O)c1nc(C2CC2)ccc1Nc1cncnc1)C(=N)C(=O)N(C)C. The quantitative estimate of drug-likeness (QED) is 0.296. The third-order valence-corrected chi connectivity index (χ3v) is 4.80. The van der Waals surface area contributed by atoms with Crippen LogP contribution in [-0.2, 0) is 9.53 Å². The number of hydrogen-bond donors (Lipinski definition) is 4. The van der Waals surface area contributed by atoms with Crippen LogP contribution in [0.15, 0.2) is 42.8 Å². The average molecular weight is 453 g/mol. The second-order valence-corrected chi connectivity index (χ2v) is 7.69. The molecule has 1 saturated carbocycles. The van der Waals surface area contributed by atoms with Gasteiger partial charge in [0.2, 0.25) is 0 Å². The van der Waals surface area contributed by atoms with E-state index in [0.29, 0.717) is 30.4 Å². The van der Waals surface area contributed by atoms with E-state index in [-0.39, 0.29) is 17.1 Å². The number of nitrogens with one attached hydrogen (secondary N) is 4. The molecule has 11 nitrogen and oxygen atoms in total. The van der Waals surface area contributed by atoms with E-state index in [1.165, 1.54) is 17.4 Å². The van der Waals surface area contributed by atoms with Gasteiger partial charge in [0.15, 0.2) is 5.69 Å². The zero-order valence-corrected chi connectivity index (χ0v) is 18.9. The molecule has 1 aliphatic carbocycles. The van der Waals surface area contributed by atoms with Gasteiger partial charge >= 0.3 is 0 Å². The second-order valence-electron chi connectivity index (χ2n) is 7.69. The lowest BCUT2D eigenvalue weighted by Gasteiger charge is -2.17. The topological polar surface area (TPSA) is 145 Å². The predicted octanol–water partition coefficient (Wildman–Crippen LogP) is 1.41. The number of aromatic nitrogens is 3. The molecule has 0 spiro atoms. The number of hydrogen-bond acceptors (Lipinski definition) is 9. The lowest BCUT2D eigenvalue weighted by Crippen LogP contribution is -2.38. The maximum absolute atomic E-state index is 13.3. The van der Waals surface area contributed by atoms with Crippen LogP contribution < -0.4 is 16.0 Å². The minimum Gasteiger partial charge on any atom is -0.387 e. The second kappa shape index (κ2) is 11.1. The van der Waals surface area contributed by atoms with Crippen molar-refractivity contribution in [1.82, 2.24) is 30.5 Å². The third-order valence-electron chi connectivity index (χ3n) is 4.80. The Morgan fingerprint density at radius 1 is 1.24 bits per heavy atom. The average Bonchev–Trinajstić information content (AvgIpc) is 3.66. The lowest BCUT2D eigenvalue weighted by atomic mass is 10.2. The Labute approximate surface area is 192 Å². The molecule has 0 atom stereocenters.